The van der Waals surface area contributed by atoms with Gasteiger partial charge in [0.2, 0.25) is 0 Å². The zero-order chi connectivity index (χ0) is 15.2. The Morgan fingerprint density at radius 2 is 1.48 bits per heavy atom. The monoisotopic (exact) mass is 313 g/mol. The summed E-state index contributed by atoms with van der Waals surface area (Å²) in [7, 11) is 0. The summed E-state index contributed by atoms with van der Waals surface area (Å²) in [5, 5.41) is 1.20. The molecule has 3 heterocycles. The van der Waals surface area contributed by atoms with Gasteiger partial charge in [0.05, 0.1) is 33.1 Å². The molecule has 0 aliphatic carbocycles. The second kappa shape index (κ2) is 4.83. The molecule has 0 bridgehead atoms. The first kappa shape index (κ1) is 12.7. The number of hydrogen-bond donors (Lipinski definition) is 0. The lowest BCUT2D eigenvalue weighted by Gasteiger charge is -2.02. The van der Waals surface area contributed by atoms with Crippen LogP contribution in [0.25, 0.3) is 42.7 Å². The lowest BCUT2D eigenvalue weighted by molar-refractivity contribution is 1.26. The van der Waals surface area contributed by atoms with Gasteiger partial charge in [-0.25, -0.2) is 9.97 Å². The van der Waals surface area contributed by atoms with Crippen LogP contribution in [0.15, 0.2) is 66.9 Å². The van der Waals surface area contributed by atoms with Crippen LogP contribution in [0.1, 0.15) is 0 Å². The van der Waals surface area contributed by atoms with Crippen molar-refractivity contribution in [3.63, 3.8) is 0 Å². The van der Waals surface area contributed by atoms with Crippen LogP contribution >= 0.6 is 11.3 Å². The van der Waals surface area contributed by atoms with Crippen molar-refractivity contribution < 1.29 is 0 Å². The average Bonchev–Trinajstić information content (AvgIpc) is 2.99. The highest BCUT2D eigenvalue weighted by molar-refractivity contribution is 7.25. The predicted molar refractivity (Wildman–Crippen MR) is 95.7 cm³/mol. The highest BCUT2D eigenvalue weighted by atomic mass is 32.1. The van der Waals surface area contributed by atoms with Crippen LogP contribution in [-0.4, -0.2) is 15.0 Å². The quantitative estimate of drug-likeness (QED) is 0.434. The Kier molecular flexibility index (Phi) is 2.66. The summed E-state index contributed by atoms with van der Waals surface area (Å²) in [6.07, 6.45) is 1.80. The van der Waals surface area contributed by atoms with E-state index < -0.39 is 0 Å². The first-order chi connectivity index (χ1) is 11.4. The summed E-state index contributed by atoms with van der Waals surface area (Å²) in [6.45, 7) is 0. The Morgan fingerprint density at radius 3 is 2.43 bits per heavy atom. The number of hydrogen-bond acceptors (Lipinski definition) is 4. The second-order valence-electron chi connectivity index (χ2n) is 5.39. The summed E-state index contributed by atoms with van der Waals surface area (Å²) >= 11 is 1.77. The summed E-state index contributed by atoms with van der Waals surface area (Å²) < 4.78 is 2.46. The molecule has 0 radical (unpaired) electrons. The fourth-order valence-electron chi connectivity index (χ4n) is 2.81. The molecule has 0 spiro atoms. The second-order valence-corrected chi connectivity index (χ2v) is 6.47. The van der Waals surface area contributed by atoms with Crippen LogP contribution in [0.3, 0.4) is 0 Å². The SMILES string of the molecule is c1ccc2nc(-c3ccc4sc5ccccc5c4n3)cnc2c1. The van der Waals surface area contributed by atoms with Crippen LogP contribution in [0.4, 0.5) is 0 Å². The topological polar surface area (TPSA) is 38.7 Å². The van der Waals surface area contributed by atoms with E-state index >= 15 is 0 Å². The van der Waals surface area contributed by atoms with Crippen molar-refractivity contribution in [1.82, 2.24) is 15.0 Å². The summed E-state index contributed by atoms with van der Waals surface area (Å²) in [5.74, 6) is 0. The molecule has 0 atom stereocenters. The molecule has 108 valence electrons. The third-order valence-corrected chi connectivity index (χ3v) is 5.06. The molecule has 0 saturated carbocycles. The van der Waals surface area contributed by atoms with Crippen LogP contribution in [-0.2, 0) is 0 Å². The van der Waals surface area contributed by atoms with Crippen LogP contribution in [0.5, 0.6) is 0 Å². The van der Waals surface area contributed by atoms with Gasteiger partial charge in [-0.05, 0) is 30.3 Å². The summed E-state index contributed by atoms with van der Waals surface area (Å²) in [4.78, 5) is 14.0. The molecule has 0 saturated heterocycles. The molecule has 23 heavy (non-hydrogen) atoms. The van der Waals surface area contributed by atoms with Gasteiger partial charge >= 0.3 is 0 Å². The number of fused-ring (bicyclic) bond motifs is 4. The highest BCUT2D eigenvalue weighted by Crippen LogP contribution is 2.33. The van der Waals surface area contributed by atoms with E-state index in [0.29, 0.717) is 0 Å². The highest BCUT2D eigenvalue weighted by Gasteiger charge is 2.09. The van der Waals surface area contributed by atoms with E-state index in [4.69, 9.17) is 9.97 Å². The molecule has 0 amide bonds. The maximum atomic E-state index is 4.85. The standard InChI is InChI=1S/C19H11N3S/c1-4-8-17-12(5-1)19-18(23-17)10-9-15(22-19)16-11-20-13-6-2-3-7-14(13)21-16/h1-11H. The fraction of sp³-hybridized carbons (Fsp3) is 0. The molecular weight excluding hydrogens is 302 g/mol. The van der Waals surface area contributed by atoms with Crippen molar-refractivity contribution in [3.8, 4) is 11.4 Å². The number of benzene rings is 2. The number of thiophene rings is 1. The molecule has 3 aromatic heterocycles. The summed E-state index contributed by atoms with van der Waals surface area (Å²) in [6, 6.07) is 20.4. The molecule has 5 aromatic rings. The van der Waals surface area contributed by atoms with Gasteiger partial charge in [0.1, 0.15) is 5.69 Å². The maximum absolute atomic E-state index is 4.85. The molecule has 0 N–H and O–H groups in total. The smallest absolute Gasteiger partial charge is 0.108 e. The van der Waals surface area contributed by atoms with E-state index in [1.54, 1.807) is 17.5 Å². The van der Waals surface area contributed by atoms with Gasteiger partial charge in [0, 0.05) is 10.1 Å². The largest absolute Gasteiger partial charge is 0.252 e. The van der Waals surface area contributed by atoms with Crippen LogP contribution in [0, 0.1) is 0 Å². The van der Waals surface area contributed by atoms with Gasteiger partial charge < -0.3 is 0 Å². The predicted octanol–water partition coefficient (Wildman–Crippen LogP) is 5.06. The molecule has 0 aliphatic rings. The van der Waals surface area contributed by atoms with Crippen molar-refractivity contribution in [2.75, 3.05) is 0 Å². The van der Waals surface area contributed by atoms with Crippen molar-refractivity contribution in [2.24, 2.45) is 0 Å². The van der Waals surface area contributed by atoms with Crippen molar-refractivity contribution in [3.05, 3.63) is 66.9 Å². The lowest BCUT2D eigenvalue weighted by atomic mass is 10.2. The van der Waals surface area contributed by atoms with Gasteiger partial charge in [-0.1, -0.05) is 30.3 Å². The zero-order valence-corrected chi connectivity index (χ0v) is 12.9. The van der Waals surface area contributed by atoms with E-state index in [0.717, 1.165) is 27.9 Å². The molecule has 5 rings (SSSR count). The Bertz CT molecular complexity index is 1180. The van der Waals surface area contributed by atoms with Crippen molar-refractivity contribution in [2.45, 2.75) is 0 Å². The third-order valence-electron chi connectivity index (χ3n) is 3.93. The van der Waals surface area contributed by atoms with E-state index in [-0.39, 0.29) is 0 Å². The van der Waals surface area contributed by atoms with Gasteiger partial charge in [0.25, 0.3) is 0 Å². The maximum Gasteiger partial charge on any atom is 0.108 e. The number of para-hydroxylation sites is 2. The van der Waals surface area contributed by atoms with Gasteiger partial charge in [0.15, 0.2) is 0 Å². The van der Waals surface area contributed by atoms with Gasteiger partial charge in [-0.3, -0.25) is 4.98 Å². The molecule has 2 aromatic carbocycles. The van der Waals surface area contributed by atoms with E-state index in [2.05, 4.69) is 35.3 Å². The fourth-order valence-corrected chi connectivity index (χ4v) is 3.86. The zero-order valence-electron chi connectivity index (χ0n) is 12.1. The Hall–Kier alpha value is -2.85. The number of rotatable bonds is 1. The number of pyridine rings is 1. The minimum Gasteiger partial charge on any atom is -0.252 e. The minimum atomic E-state index is 0.806. The Morgan fingerprint density at radius 1 is 0.652 bits per heavy atom. The van der Waals surface area contributed by atoms with E-state index in [9.17, 15) is 0 Å². The molecule has 4 heteroatoms. The first-order valence-electron chi connectivity index (χ1n) is 7.39. The lowest BCUT2D eigenvalue weighted by Crippen LogP contribution is -1.90. The molecule has 0 aliphatic heterocycles. The minimum absolute atomic E-state index is 0.806. The summed E-state index contributed by atoms with van der Waals surface area (Å²) in [5.41, 5.74) is 4.50. The average molecular weight is 313 g/mol. The third kappa shape index (κ3) is 1.99. The van der Waals surface area contributed by atoms with E-state index in [1.165, 1.54) is 14.8 Å². The number of nitrogens with zero attached hydrogens (tertiary/aromatic N) is 3. The normalized spacial score (nSPS) is 11.5. The molecular formula is C19H11N3S. The molecule has 0 fully saturated rings. The first-order valence-corrected chi connectivity index (χ1v) is 8.21. The Labute approximate surface area is 136 Å². The van der Waals surface area contributed by atoms with Crippen molar-refractivity contribution >= 4 is 42.7 Å². The van der Waals surface area contributed by atoms with Gasteiger partial charge in [-0.2, -0.15) is 0 Å². The molecule has 3 nitrogen and oxygen atoms in total. The van der Waals surface area contributed by atoms with Crippen LogP contribution in [0.2, 0.25) is 0 Å². The number of aromatic nitrogens is 3. The van der Waals surface area contributed by atoms with Crippen molar-refractivity contribution in [1.29, 1.82) is 0 Å². The van der Waals surface area contributed by atoms with E-state index in [1.807, 2.05) is 30.3 Å². The molecule has 0 unspecified atom stereocenters. The Balaban J connectivity index is 1.76. The van der Waals surface area contributed by atoms with Crippen LogP contribution < -0.4 is 0 Å². The van der Waals surface area contributed by atoms with Gasteiger partial charge in [-0.15, -0.1) is 11.3 Å².